The van der Waals surface area contributed by atoms with Crippen LogP contribution in [0.25, 0.3) is 0 Å². The maximum Gasteiger partial charge on any atom is 0.264 e. The molecule has 2 aromatic rings. The molecule has 0 fully saturated rings. The molecule has 0 spiro atoms. The first-order valence-electron chi connectivity index (χ1n) is 6.42. The van der Waals surface area contributed by atoms with E-state index in [9.17, 15) is 4.79 Å². The summed E-state index contributed by atoms with van der Waals surface area (Å²) in [7, 11) is 1.72. The highest BCUT2D eigenvalue weighted by Gasteiger charge is 2.11. The number of carbonyl (C=O) groups is 1. The van der Waals surface area contributed by atoms with E-state index in [1.165, 1.54) is 0 Å². The SMILES string of the molecule is CN(C(=O)COc1ccc(C(N)=S)cc1)c1ccccc1. The molecule has 0 atom stereocenters. The average Bonchev–Trinajstić information content (AvgIpc) is 2.53. The summed E-state index contributed by atoms with van der Waals surface area (Å²) in [6.45, 7) is -0.0299. The predicted octanol–water partition coefficient (Wildman–Crippen LogP) is 2.36. The molecule has 0 aliphatic heterocycles. The van der Waals surface area contributed by atoms with E-state index < -0.39 is 0 Å². The number of rotatable bonds is 5. The van der Waals surface area contributed by atoms with Gasteiger partial charge in [0.25, 0.3) is 5.91 Å². The maximum absolute atomic E-state index is 12.1. The molecule has 1 amide bonds. The highest BCUT2D eigenvalue weighted by molar-refractivity contribution is 7.80. The molecule has 0 saturated heterocycles. The molecule has 2 N–H and O–H groups in total. The van der Waals surface area contributed by atoms with Crippen molar-refractivity contribution in [2.45, 2.75) is 0 Å². The first kappa shape index (κ1) is 15.0. The van der Waals surface area contributed by atoms with E-state index >= 15 is 0 Å². The van der Waals surface area contributed by atoms with Crippen LogP contribution in [0.5, 0.6) is 5.75 Å². The Bertz CT molecular complexity index is 626. The van der Waals surface area contributed by atoms with Gasteiger partial charge in [0, 0.05) is 18.3 Å². The Labute approximate surface area is 129 Å². The Morgan fingerprint density at radius 1 is 1.14 bits per heavy atom. The van der Waals surface area contributed by atoms with Gasteiger partial charge >= 0.3 is 0 Å². The van der Waals surface area contributed by atoms with Crippen LogP contribution >= 0.6 is 12.2 Å². The number of thiocarbonyl (C=S) groups is 1. The van der Waals surface area contributed by atoms with Crippen molar-refractivity contribution in [1.29, 1.82) is 0 Å². The minimum Gasteiger partial charge on any atom is -0.484 e. The largest absolute Gasteiger partial charge is 0.484 e. The normalized spacial score (nSPS) is 9.95. The van der Waals surface area contributed by atoms with Gasteiger partial charge in [-0.3, -0.25) is 4.79 Å². The molecule has 0 heterocycles. The van der Waals surface area contributed by atoms with Gasteiger partial charge in [-0.2, -0.15) is 0 Å². The van der Waals surface area contributed by atoms with Crippen molar-refractivity contribution in [2.24, 2.45) is 5.73 Å². The Morgan fingerprint density at radius 3 is 2.33 bits per heavy atom. The van der Waals surface area contributed by atoms with E-state index in [-0.39, 0.29) is 12.5 Å². The summed E-state index contributed by atoms with van der Waals surface area (Å²) < 4.78 is 5.47. The van der Waals surface area contributed by atoms with Gasteiger partial charge in [-0.15, -0.1) is 0 Å². The summed E-state index contributed by atoms with van der Waals surface area (Å²) in [5.74, 6) is 0.476. The fraction of sp³-hybridized carbons (Fsp3) is 0.125. The number of nitrogens with zero attached hydrogens (tertiary/aromatic N) is 1. The van der Waals surface area contributed by atoms with Crippen molar-refractivity contribution in [1.82, 2.24) is 0 Å². The standard InChI is InChI=1S/C16H16N2O2S/c1-18(13-5-3-2-4-6-13)15(19)11-20-14-9-7-12(8-10-14)16(17)21/h2-10H,11H2,1H3,(H2,17,21). The first-order chi connectivity index (χ1) is 10.1. The zero-order chi connectivity index (χ0) is 15.2. The fourth-order valence-corrected chi connectivity index (χ4v) is 1.89. The highest BCUT2D eigenvalue weighted by atomic mass is 32.1. The molecule has 0 saturated carbocycles. The van der Waals surface area contributed by atoms with Crippen LogP contribution in [-0.4, -0.2) is 24.6 Å². The van der Waals surface area contributed by atoms with E-state index in [1.807, 2.05) is 30.3 Å². The fourth-order valence-electron chi connectivity index (χ4n) is 1.75. The van der Waals surface area contributed by atoms with Gasteiger partial charge in [0.2, 0.25) is 0 Å². The Hall–Kier alpha value is -2.40. The minimum atomic E-state index is -0.125. The number of amides is 1. The number of anilines is 1. The number of likely N-dealkylation sites (N-methyl/N-ethyl adjacent to an activating group) is 1. The number of carbonyl (C=O) groups excluding carboxylic acids is 1. The monoisotopic (exact) mass is 300 g/mol. The second-order valence-electron chi connectivity index (χ2n) is 4.47. The molecule has 2 rings (SSSR count). The molecule has 0 aliphatic carbocycles. The second kappa shape index (κ2) is 6.85. The van der Waals surface area contributed by atoms with Crippen LogP contribution in [0, 0.1) is 0 Å². The number of nitrogens with two attached hydrogens (primary N) is 1. The van der Waals surface area contributed by atoms with Crippen LogP contribution in [0.3, 0.4) is 0 Å². The van der Waals surface area contributed by atoms with Crippen molar-refractivity contribution < 1.29 is 9.53 Å². The maximum atomic E-state index is 12.1. The summed E-state index contributed by atoms with van der Waals surface area (Å²) in [5.41, 5.74) is 7.12. The van der Waals surface area contributed by atoms with Crippen LogP contribution in [0.4, 0.5) is 5.69 Å². The molecule has 5 heteroatoms. The molecular weight excluding hydrogens is 284 g/mol. The van der Waals surface area contributed by atoms with Gasteiger partial charge in [-0.1, -0.05) is 30.4 Å². The van der Waals surface area contributed by atoms with E-state index in [1.54, 1.807) is 36.2 Å². The van der Waals surface area contributed by atoms with Crippen molar-refractivity contribution in [3.05, 3.63) is 60.2 Å². The number of benzene rings is 2. The lowest BCUT2D eigenvalue weighted by Crippen LogP contribution is -2.31. The zero-order valence-electron chi connectivity index (χ0n) is 11.7. The van der Waals surface area contributed by atoms with Crippen LogP contribution in [0.2, 0.25) is 0 Å². The van der Waals surface area contributed by atoms with Crippen LogP contribution in [0.1, 0.15) is 5.56 Å². The smallest absolute Gasteiger partial charge is 0.264 e. The summed E-state index contributed by atoms with van der Waals surface area (Å²) in [6, 6.07) is 16.4. The quantitative estimate of drug-likeness (QED) is 0.861. The third-order valence-electron chi connectivity index (χ3n) is 3.02. The Balaban J connectivity index is 1.93. The number of hydrogen-bond donors (Lipinski definition) is 1. The van der Waals surface area contributed by atoms with Gasteiger partial charge in [-0.25, -0.2) is 0 Å². The lowest BCUT2D eigenvalue weighted by Gasteiger charge is -2.17. The van der Waals surface area contributed by atoms with E-state index in [4.69, 9.17) is 22.7 Å². The molecule has 21 heavy (non-hydrogen) atoms. The molecule has 2 aromatic carbocycles. The van der Waals surface area contributed by atoms with Gasteiger partial charge < -0.3 is 15.4 Å². The molecule has 0 radical (unpaired) electrons. The van der Waals surface area contributed by atoms with E-state index in [0.29, 0.717) is 10.7 Å². The van der Waals surface area contributed by atoms with Gasteiger partial charge in [0.15, 0.2) is 6.61 Å². The molecule has 0 aromatic heterocycles. The summed E-state index contributed by atoms with van der Waals surface area (Å²) in [6.07, 6.45) is 0. The summed E-state index contributed by atoms with van der Waals surface area (Å²) in [5, 5.41) is 0. The van der Waals surface area contributed by atoms with Crippen LogP contribution < -0.4 is 15.4 Å². The van der Waals surface area contributed by atoms with Crippen molar-refractivity contribution >= 4 is 28.8 Å². The van der Waals surface area contributed by atoms with Crippen molar-refractivity contribution in [3.63, 3.8) is 0 Å². The van der Waals surface area contributed by atoms with Crippen molar-refractivity contribution in [3.8, 4) is 5.75 Å². The predicted molar refractivity (Wildman–Crippen MR) is 87.7 cm³/mol. The zero-order valence-corrected chi connectivity index (χ0v) is 12.5. The first-order valence-corrected chi connectivity index (χ1v) is 6.83. The van der Waals surface area contributed by atoms with Crippen molar-refractivity contribution in [2.75, 3.05) is 18.6 Å². The molecular formula is C16H16N2O2S. The third kappa shape index (κ3) is 4.03. The second-order valence-corrected chi connectivity index (χ2v) is 4.91. The number of ether oxygens (including phenoxy) is 1. The molecule has 0 aliphatic rings. The third-order valence-corrected chi connectivity index (χ3v) is 3.25. The lowest BCUT2D eigenvalue weighted by atomic mass is 10.2. The Kier molecular flexibility index (Phi) is 4.90. The van der Waals surface area contributed by atoms with E-state index in [2.05, 4.69) is 0 Å². The number of hydrogen-bond acceptors (Lipinski definition) is 3. The molecule has 4 nitrogen and oxygen atoms in total. The minimum absolute atomic E-state index is 0.0299. The van der Waals surface area contributed by atoms with Gasteiger partial charge in [0.05, 0.1) is 0 Å². The lowest BCUT2D eigenvalue weighted by molar-refractivity contribution is -0.120. The van der Waals surface area contributed by atoms with Crippen LogP contribution in [0.15, 0.2) is 54.6 Å². The molecule has 0 unspecified atom stereocenters. The van der Waals surface area contributed by atoms with Crippen LogP contribution in [-0.2, 0) is 4.79 Å². The Morgan fingerprint density at radius 2 is 1.76 bits per heavy atom. The van der Waals surface area contributed by atoms with Gasteiger partial charge in [-0.05, 0) is 36.4 Å². The molecule has 0 bridgehead atoms. The summed E-state index contributed by atoms with van der Waals surface area (Å²) >= 11 is 4.88. The average molecular weight is 300 g/mol. The number of para-hydroxylation sites is 1. The topological polar surface area (TPSA) is 55.6 Å². The summed E-state index contributed by atoms with van der Waals surface area (Å²) in [4.78, 5) is 13.9. The van der Waals surface area contributed by atoms with Gasteiger partial charge in [0.1, 0.15) is 10.7 Å². The highest BCUT2D eigenvalue weighted by Crippen LogP contribution is 2.14. The van der Waals surface area contributed by atoms with E-state index in [0.717, 1.165) is 11.3 Å². The molecule has 108 valence electrons.